The largest absolute Gasteiger partial charge is 0.497 e. The van der Waals surface area contributed by atoms with Crippen molar-refractivity contribution in [3.8, 4) is 5.75 Å². The molecule has 3 aromatic rings. The molecule has 4 rings (SSSR count). The van der Waals surface area contributed by atoms with Gasteiger partial charge in [0, 0.05) is 42.5 Å². The monoisotopic (exact) mass is 337 g/mol. The van der Waals surface area contributed by atoms with E-state index in [9.17, 15) is 4.79 Å². The molecule has 3 heterocycles. The fraction of sp³-hybridized carbons (Fsp3) is 0.278. The molecular weight excluding hydrogens is 318 g/mol. The summed E-state index contributed by atoms with van der Waals surface area (Å²) in [4.78, 5) is 18.7. The normalized spacial score (nSPS) is 17.3. The number of aryl methyl sites for hydroxylation is 1. The summed E-state index contributed by atoms with van der Waals surface area (Å²) in [5.41, 5.74) is 2.55. The van der Waals surface area contributed by atoms with Crippen LogP contribution in [0.2, 0.25) is 0 Å². The van der Waals surface area contributed by atoms with E-state index < -0.39 is 0 Å². The Kier molecular flexibility index (Phi) is 3.76. The van der Waals surface area contributed by atoms with Crippen molar-refractivity contribution in [2.24, 2.45) is 0 Å². The van der Waals surface area contributed by atoms with Crippen LogP contribution in [0, 0.1) is 6.92 Å². The van der Waals surface area contributed by atoms with Crippen LogP contribution in [0.25, 0.3) is 5.65 Å². The lowest BCUT2D eigenvalue weighted by molar-refractivity contribution is -0.117. The number of fused-ring (bicyclic) bond motifs is 1. The third-order valence-corrected chi connectivity index (χ3v) is 4.33. The molecule has 0 aliphatic carbocycles. The predicted octanol–water partition coefficient (Wildman–Crippen LogP) is 2.26. The summed E-state index contributed by atoms with van der Waals surface area (Å²) >= 11 is 0. The molecule has 1 saturated heterocycles. The van der Waals surface area contributed by atoms with Crippen molar-refractivity contribution < 1.29 is 9.53 Å². The maximum Gasteiger partial charge on any atom is 0.229 e. The minimum Gasteiger partial charge on any atom is -0.497 e. The standard InChI is InChI=1S/C18H19N5O2/c1-12-8-17(23-16(20-12)6-7-19-23)21-13-9-18(24)22(11-13)14-4-3-5-15(10-14)25-2/h3-8,10,13,21H,9,11H2,1-2H3. The number of ether oxygens (including phenoxy) is 1. The van der Waals surface area contributed by atoms with E-state index in [-0.39, 0.29) is 11.9 Å². The van der Waals surface area contributed by atoms with Crippen LogP contribution in [0.3, 0.4) is 0 Å². The summed E-state index contributed by atoms with van der Waals surface area (Å²) in [5.74, 6) is 1.68. The summed E-state index contributed by atoms with van der Waals surface area (Å²) < 4.78 is 7.01. The molecule has 25 heavy (non-hydrogen) atoms. The molecule has 0 radical (unpaired) electrons. The number of benzene rings is 1. The van der Waals surface area contributed by atoms with Gasteiger partial charge in [0.05, 0.1) is 19.3 Å². The average Bonchev–Trinajstić information content (AvgIpc) is 3.21. The topological polar surface area (TPSA) is 71.8 Å². The molecular formula is C18H19N5O2. The van der Waals surface area contributed by atoms with Gasteiger partial charge in [-0.25, -0.2) is 4.98 Å². The second-order valence-electron chi connectivity index (χ2n) is 6.14. The van der Waals surface area contributed by atoms with Gasteiger partial charge in [-0.1, -0.05) is 6.07 Å². The molecule has 1 fully saturated rings. The zero-order chi connectivity index (χ0) is 17.4. The molecule has 7 heteroatoms. The Bertz CT molecular complexity index is 936. The minimum atomic E-state index is 0.00732. The molecule has 0 spiro atoms. The van der Waals surface area contributed by atoms with Crippen LogP contribution in [-0.2, 0) is 4.79 Å². The van der Waals surface area contributed by atoms with Gasteiger partial charge in [0.15, 0.2) is 5.65 Å². The summed E-state index contributed by atoms with van der Waals surface area (Å²) in [5, 5.41) is 7.73. The van der Waals surface area contributed by atoms with Crippen LogP contribution >= 0.6 is 0 Å². The van der Waals surface area contributed by atoms with E-state index in [1.807, 2.05) is 43.3 Å². The Morgan fingerprint density at radius 2 is 2.16 bits per heavy atom. The lowest BCUT2D eigenvalue weighted by Gasteiger charge is -2.18. The molecule has 128 valence electrons. The Morgan fingerprint density at radius 1 is 1.28 bits per heavy atom. The first-order valence-electron chi connectivity index (χ1n) is 8.16. The zero-order valence-electron chi connectivity index (χ0n) is 14.1. The van der Waals surface area contributed by atoms with Crippen LogP contribution < -0.4 is 15.0 Å². The number of hydrogen-bond acceptors (Lipinski definition) is 5. The number of carbonyl (C=O) groups excluding carboxylic acids is 1. The van der Waals surface area contributed by atoms with Crippen molar-refractivity contribution in [2.45, 2.75) is 19.4 Å². The van der Waals surface area contributed by atoms with Gasteiger partial charge in [-0.3, -0.25) is 4.79 Å². The second-order valence-corrected chi connectivity index (χ2v) is 6.14. The number of carbonyl (C=O) groups is 1. The maximum absolute atomic E-state index is 12.5. The summed E-state index contributed by atoms with van der Waals surface area (Å²) in [6.07, 6.45) is 2.15. The van der Waals surface area contributed by atoms with E-state index in [2.05, 4.69) is 15.4 Å². The molecule has 7 nitrogen and oxygen atoms in total. The van der Waals surface area contributed by atoms with Crippen LogP contribution in [0.4, 0.5) is 11.5 Å². The van der Waals surface area contributed by atoms with Crippen LogP contribution in [0.5, 0.6) is 5.75 Å². The zero-order valence-corrected chi connectivity index (χ0v) is 14.1. The number of nitrogens with zero attached hydrogens (tertiary/aromatic N) is 4. The predicted molar refractivity (Wildman–Crippen MR) is 95.1 cm³/mol. The Morgan fingerprint density at radius 3 is 3.00 bits per heavy atom. The fourth-order valence-electron chi connectivity index (χ4n) is 3.18. The molecule has 1 aromatic carbocycles. The first kappa shape index (κ1) is 15.4. The quantitative estimate of drug-likeness (QED) is 0.791. The second kappa shape index (κ2) is 6.08. The molecule has 1 amide bonds. The third-order valence-electron chi connectivity index (χ3n) is 4.33. The van der Waals surface area contributed by atoms with E-state index in [0.29, 0.717) is 13.0 Å². The van der Waals surface area contributed by atoms with Crippen molar-refractivity contribution in [2.75, 3.05) is 23.9 Å². The minimum absolute atomic E-state index is 0.00732. The van der Waals surface area contributed by atoms with Gasteiger partial charge >= 0.3 is 0 Å². The lowest BCUT2D eigenvalue weighted by atomic mass is 10.2. The van der Waals surface area contributed by atoms with E-state index in [4.69, 9.17) is 4.74 Å². The van der Waals surface area contributed by atoms with Gasteiger partial charge in [0.1, 0.15) is 11.6 Å². The smallest absolute Gasteiger partial charge is 0.229 e. The molecule has 2 aromatic heterocycles. The van der Waals surface area contributed by atoms with Gasteiger partial charge in [0.2, 0.25) is 5.91 Å². The number of nitrogens with one attached hydrogen (secondary N) is 1. The number of anilines is 2. The van der Waals surface area contributed by atoms with Gasteiger partial charge in [-0.05, 0) is 19.1 Å². The highest BCUT2D eigenvalue weighted by Gasteiger charge is 2.31. The Labute approximate surface area is 145 Å². The molecule has 1 atom stereocenters. The summed E-state index contributed by atoms with van der Waals surface area (Å²) in [6, 6.07) is 11.4. The first-order valence-corrected chi connectivity index (χ1v) is 8.16. The van der Waals surface area contributed by atoms with Crippen LogP contribution in [0.1, 0.15) is 12.1 Å². The molecule has 1 unspecified atom stereocenters. The first-order chi connectivity index (χ1) is 12.1. The molecule has 1 N–H and O–H groups in total. The number of rotatable bonds is 4. The Balaban J connectivity index is 1.56. The van der Waals surface area contributed by atoms with Crippen molar-refractivity contribution in [3.05, 3.63) is 48.3 Å². The van der Waals surface area contributed by atoms with E-state index in [1.54, 1.807) is 22.7 Å². The third kappa shape index (κ3) is 2.88. The number of aromatic nitrogens is 3. The van der Waals surface area contributed by atoms with E-state index >= 15 is 0 Å². The lowest BCUT2D eigenvalue weighted by Crippen LogP contribution is -2.28. The van der Waals surface area contributed by atoms with Crippen molar-refractivity contribution >= 4 is 23.1 Å². The molecule has 1 aliphatic heterocycles. The van der Waals surface area contributed by atoms with Gasteiger partial charge in [-0.2, -0.15) is 9.61 Å². The van der Waals surface area contributed by atoms with Crippen molar-refractivity contribution in [3.63, 3.8) is 0 Å². The van der Waals surface area contributed by atoms with E-state index in [0.717, 1.165) is 28.6 Å². The van der Waals surface area contributed by atoms with Gasteiger partial charge < -0.3 is 15.0 Å². The summed E-state index contributed by atoms with van der Waals surface area (Å²) in [7, 11) is 1.62. The van der Waals surface area contributed by atoms with Crippen LogP contribution in [-0.4, -0.2) is 40.2 Å². The SMILES string of the molecule is COc1cccc(N2CC(Nc3cc(C)nc4ccnn34)CC2=O)c1. The fourth-order valence-corrected chi connectivity index (χ4v) is 3.18. The van der Waals surface area contributed by atoms with E-state index in [1.165, 1.54) is 0 Å². The molecule has 0 saturated carbocycles. The number of methoxy groups -OCH3 is 1. The maximum atomic E-state index is 12.5. The number of hydrogen-bond donors (Lipinski definition) is 1. The van der Waals surface area contributed by atoms with Crippen LogP contribution in [0.15, 0.2) is 42.6 Å². The Hall–Kier alpha value is -3.09. The molecule has 0 bridgehead atoms. The van der Waals surface area contributed by atoms with Gasteiger partial charge in [0.25, 0.3) is 0 Å². The highest BCUT2D eigenvalue weighted by atomic mass is 16.5. The van der Waals surface area contributed by atoms with Crippen molar-refractivity contribution in [1.29, 1.82) is 0 Å². The number of amides is 1. The highest BCUT2D eigenvalue weighted by Crippen LogP contribution is 2.27. The van der Waals surface area contributed by atoms with Crippen molar-refractivity contribution in [1.82, 2.24) is 14.6 Å². The summed E-state index contributed by atoms with van der Waals surface area (Å²) in [6.45, 7) is 2.54. The highest BCUT2D eigenvalue weighted by molar-refractivity contribution is 5.96. The molecule has 1 aliphatic rings. The van der Waals surface area contributed by atoms with Gasteiger partial charge in [-0.15, -0.1) is 0 Å². The average molecular weight is 337 g/mol.